The molecular formula is C25H24ClFN4O3. The monoisotopic (exact) mass is 482 g/mol. The fraction of sp³-hybridized carbons (Fsp3) is 0.320. The number of benzene rings is 2. The van der Waals surface area contributed by atoms with E-state index in [1.807, 2.05) is 0 Å². The van der Waals surface area contributed by atoms with Gasteiger partial charge in [-0.1, -0.05) is 23.7 Å². The molecule has 3 heterocycles. The molecule has 0 radical (unpaired) electrons. The zero-order chi connectivity index (χ0) is 23.7. The number of ether oxygens (including phenoxy) is 2. The minimum absolute atomic E-state index is 0.155. The summed E-state index contributed by atoms with van der Waals surface area (Å²) in [6.07, 6.45) is 0.560. The molecule has 3 aromatic rings. The van der Waals surface area contributed by atoms with Gasteiger partial charge in [0.1, 0.15) is 11.6 Å². The van der Waals surface area contributed by atoms with E-state index in [0.29, 0.717) is 73.0 Å². The van der Waals surface area contributed by atoms with Crippen molar-refractivity contribution in [3.05, 3.63) is 75.7 Å². The van der Waals surface area contributed by atoms with Gasteiger partial charge >= 0.3 is 0 Å². The van der Waals surface area contributed by atoms with Crippen LogP contribution in [0.1, 0.15) is 27.2 Å². The predicted molar refractivity (Wildman–Crippen MR) is 126 cm³/mol. The molecule has 0 N–H and O–H groups in total. The second kappa shape index (κ2) is 9.56. The van der Waals surface area contributed by atoms with Gasteiger partial charge in [-0.3, -0.25) is 4.79 Å². The lowest BCUT2D eigenvalue weighted by Crippen LogP contribution is -2.39. The third-order valence-electron chi connectivity index (χ3n) is 6.04. The maximum absolute atomic E-state index is 13.8. The van der Waals surface area contributed by atoms with Crippen molar-refractivity contribution in [2.45, 2.75) is 19.9 Å². The van der Waals surface area contributed by atoms with Crippen molar-refractivity contribution in [2.24, 2.45) is 0 Å². The fourth-order valence-electron chi connectivity index (χ4n) is 4.13. The van der Waals surface area contributed by atoms with Crippen LogP contribution in [0, 0.1) is 12.7 Å². The first-order valence-electron chi connectivity index (χ1n) is 11.2. The summed E-state index contributed by atoms with van der Waals surface area (Å²) in [5.74, 6) is 0.956. The summed E-state index contributed by atoms with van der Waals surface area (Å²) in [4.78, 5) is 26.5. The van der Waals surface area contributed by atoms with Gasteiger partial charge in [-0.05, 0) is 42.8 Å². The molecule has 2 aromatic carbocycles. The molecule has 0 atom stereocenters. The normalized spacial score (nSPS) is 15.7. The largest absolute Gasteiger partial charge is 0.438 e. The SMILES string of the molecule is Cc1cc(Oc2nc(N3CCOCC3)nc3c2CN(C(=O)c2ccccc2Cl)CC3)ccc1F. The van der Waals surface area contributed by atoms with Crippen molar-refractivity contribution >= 4 is 23.5 Å². The van der Waals surface area contributed by atoms with E-state index in [0.717, 1.165) is 11.3 Å². The van der Waals surface area contributed by atoms with Crippen molar-refractivity contribution in [1.82, 2.24) is 14.9 Å². The molecule has 7 nitrogen and oxygen atoms in total. The number of carbonyl (C=O) groups excluding carboxylic acids is 1. The molecule has 1 saturated heterocycles. The minimum Gasteiger partial charge on any atom is -0.438 e. The molecule has 34 heavy (non-hydrogen) atoms. The first kappa shape index (κ1) is 22.6. The van der Waals surface area contributed by atoms with Crippen molar-refractivity contribution < 1.29 is 18.7 Å². The maximum Gasteiger partial charge on any atom is 0.255 e. The number of morpholine rings is 1. The quantitative estimate of drug-likeness (QED) is 0.549. The summed E-state index contributed by atoms with van der Waals surface area (Å²) in [5, 5.41) is 0.412. The summed E-state index contributed by atoms with van der Waals surface area (Å²) in [6.45, 7) is 5.06. The number of hydrogen-bond acceptors (Lipinski definition) is 6. The number of rotatable bonds is 4. The fourth-order valence-corrected chi connectivity index (χ4v) is 4.35. The van der Waals surface area contributed by atoms with Gasteiger partial charge in [0.15, 0.2) is 0 Å². The third-order valence-corrected chi connectivity index (χ3v) is 6.37. The van der Waals surface area contributed by atoms with Gasteiger partial charge in [-0.2, -0.15) is 4.98 Å². The number of amides is 1. The van der Waals surface area contributed by atoms with E-state index in [1.54, 1.807) is 48.2 Å². The standard InChI is InChI=1S/C25H24ClFN4O3/c1-16-14-17(6-7-21(16)27)34-23-19-15-31(24(32)18-4-2-3-5-20(18)26)9-8-22(19)28-25(29-23)30-10-12-33-13-11-30/h2-7,14H,8-13,15H2,1H3. The number of aromatic nitrogens is 2. The molecule has 5 rings (SSSR count). The smallest absolute Gasteiger partial charge is 0.255 e. The second-order valence-corrected chi connectivity index (χ2v) is 8.73. The van der Waals surface area contributed by atoms with E-state index in [2.05, 4.69) is 4.90 Å². The predicted octanol–water partition coefficient (Wildman–Crippen LogP) is 4.40. The van der Waals surface area contributed by atoms with Crippen LogP contribution in [0.5, 0.6) is 11.6 Å². The Bertz CT molecular complexity index is 1230. The second-order valence-electron chi connectivity index (χ2n) is 8.32. The molecule has 2 aliphatic heterocycles. The highest BCUT2D eigenvalue weighted by molar-refractivity contribution is 6.33. The Balaban J connectivity index is 1.50. The Labute approximate surface area is 202 Å². The van der Waals surface area contributed by atoms with Gasteiger partial charge in [0, 0.05) is 26.1 Å². The highest BCUT2D eigenvalue weighted by atomic mass is 35.5. The third kappa shape index (κ3) is 4.56. The van der Waals surface area contributed by atoms with Crippen LogP contribution in [-0.2, 0) is 17.7 Å². The van der Waals surface area contributed by atoms with Crippen molar-refractivity contribution in [1.29, 1.82) is 0 Å². The number of aryl methyl sites for hydroxylation is 1. The van der Waals surface area contributed by atoms with Gasteiger partial charge in [0.05, 0.1) is 41.6 Å². The van der Waals surface area contributed by atoms with Gasteiger partial charge in [0.25, 0.3) is 5.91 Å². The van der Waals surface area contributed by atoms with Gasteiger partial charge in [0.2, 0.25) is 11.8 Å². The van der Waals surface area contributed by atoms with Crippen LogP contribution >= 0.6 is 11.6 Å². The lowest BCUT2D eigenvalue weighted by molar-refractivity contribution is 0.0732. The molecule has 176 valence electrons. The molecule has 2 aliphatic rings. The van der Waals surface area contributed by atoms with E-state index < -0.39 is 0 Å². The molecule has 0 aliphatic carbocycles. The average molecular weight is 483 g/mol. The summed E-state index contributed by atoms with van der Waals surface area (Å²) in [5.41, 5.74) is 2.51. The Hall–Kier alpha value is -3.23. The first-order valence-corrected chi connectivity index (χ1v) is 11.6. The van der Waals surface area contributed by atoms with Crippen LogP contribution in [0.2, 0.25) is 5.02 Å². The summed E-state index contributed by atoms with van der Waals surface area (Å²) >= 11 is 6.27. The van der Waals surface area contributed by atoms with Crippen molar-refractivity contribution in [2.75, 3.05) is 37.7 Å². The molecule has 1 fully saturated rings. The number of nitrogens with zero attached hydrogens (tertiary/aromatic N) is 4. The Morgan fingerprint density at radius 2 is 1.91 bits per heavy atom. The number of hydrogen-bond donors (Lipinski definition) is 0. The summed E-state index contributed by atoms with van der Waals surface area (Å²) < 4.78 is 25.4. The average Bonchev–Trinajstić information content (AvgIpc) is 2.86. The first-order chi connectivity index (χ1) is 16.5. The van der Waals surface area contributed by atoms with E-state index in [1.165, 1.54) is 6.07 Å². The zero-order valence-electron chi connectivity index (χ0n) is 18.8. The molecule has 0 spiro atoms. The summed E-state index contributed by atoms with van der Waals surface area (Å²) in [6, 6.07) is 11.6. The van der Waals surface area contributed by atoms with Gasteiger partial charge in [-0.15, -0.1) is 0 Å². The Morgan fingerprint density at radius 1 is 1.12 bits per heavy atom. The molecule has 0 saturated carbocycles. The molecule has 0 unspecified atom stereocenters. The van der Waals surface area contributed by atoms with Crippen molar-refractivity contribution in [3.63, 3.8) is 0 Å². The number of halogens is 2. The van der Waals surface area contributed by atoms with Crippen LogP contribution < -0.4 is 9.64 Å². The molecule has 0 bridgehead atoms. The van der Waals surface area contributed by atoms with E-state index >= 15 is 0 Å². The van der Waals surface area contributed by atoms with Crippen molar-refractivity contribution in [3.8, 4) is 11.6 Å². The van der Waals surface area contributed by atoms with Crippen LogP contribution in [0.3, 0.4) is 0 Å². The van der Waals surface area contributed by atoms with Gasteiger partial charge in [-0.25, -0.2) is 9.37 Å². The number of fused-ring (bicyclic) bond motifs is 1. The highest BCUT2D eigenvalue weighted by Crippen LogP contribution is 2.33. The van der Waals surface area contributed by atoms with Gasteiger partial charge < -0.3 is 19.3 Å². The van der Waals surface area contributed by atoms with E-state index in [9.17, 15) is 9.18 Å². The van der Waals surface area contributed by atoms with Crippen LogP contribution in [0.4, 0.5) is 10.3 Å². The van der Waals surface area contributed by atoms with Crippen LogP contribution in [-0.4, -0.2) is 53.6 Å². The highest BCUT2D eigenvalue weighted by Gasteiger charge is 2.29. The lowest BCUT2D eigenvalue weighted by atomic mass is 10.0. The number of anilines is 1. The minimum atomic E-state index is -0.303. The molecule has 1 aromatic heterocycles. The topological polar surface area (TPSA) is 67.8 Å². The lowest BCUT2D eigenvalue weighted by Gasteiger charge is -2.32. The zero-order valence-corrected chi connectivity index (χ0v) is 19.5. The maximum atomic E-state index is 13.8. The molecule has 9 heteroatoms. The van der Waals surface area contributed by atoms with Crippen LogP contribution in [0.15, 0.2) is 42.5 Å². The molecule has 1 amide bonds. The Kier molecular flexibility index (Phi) is 6.34. The van der Waals surface area contributed by atoms with E-state index in [-0.39, 0.29) is 18.3 Å². The van der Waals surface area contributed by atoms with E-state index in [4.69, 9.17) is 31.0 Å². The number of carbonyl (C=O) groups is 1. The Morgan fingerprint density at radius 3 is 2.68 bits per heavy atom. The summed E-state index contributed by atoms with van der Waals surface area (Å²) in [7, 11) is 0. The molecular weight excluding hydrogens is 459 g/mol. The van der Waals surface area contributed by atoms with Crippen LogP contribution in [0.25, 0.3) is 0 Å².